The van der Waals surface area contributed by atoms with Gasteiger partial charge in [0.2, 0.25) is 0 Å². The van der Waals surface area contributed by atoms with E-state index < -0.39 is 0 Å². The summed E-state index contributed by atoms with van der Waals surface area (Å²) in [6, 6.07) is 9.77. The highest BCUT2D eigenvalue weighted by molar-refractivity contribution is 7.80. The largest absolute Gasteiger partial charge is 0.331 e. The van der Waals surface area contributed by atoms with Crippen molar-refractivity contribution in [3.8, 4) is 0 Å². The third-order valence-corrected chi connectivity index (χ3v) is 1.97. The van der Waals surface area contributed by atoms with Crippen molar-refractivity contribution < 1.29 is 0 Å². The van der Waals surface area contributed by atoms with Crippen LogP contribution in [0.25, 0.3) is 0 Å². The fourth-order valence-corrected chi connectivity index (χ4v) is 1.12. The minimum absolute atomic E-state index is 0.578. The molecule has 0 aliphatic heterocycles. The standard InChI is InChI=1S/C10H13N3S/c1-3-11-13(2)10(14)12-9-7-5-4-6-8-9/h3-8H,1-2H3,(H,12,14)/b11-3+. The lowest BCUT2D eigenvalue weighted by Gasteiger charge is -2.15. The van der Waals surface area contributed by atoms with Crippen LogP contribution in [0.5, 0.6) is 0 Å². The van der Waals surface area contributed by atoms with Gasteiger partial charge in [0.25, 0.3) is 0 Å². The molecule has 0 atom stereocenters. The van der Waals surface area contributed by atoms with E-state index in [9.17, 15) is 0 Å². The average molecular weight is 207 g/mol. The molecule has 0 aromatic heterocycles. The fourth-order valence-electron chi connectivity index (χ4n) is 0.952. The number of hydrogen-bond acceptors (Lipinski definition) is 2. The predicted molar refractivity (Wildman–Crippen MR) is 64.6 cm³/mol. The Balaban J connectivity index is 2.57. The van der Waals surface area contributed by atoms with Gasteiger partial charge in [0.05, 0.1) is 0 Å². The van der Waals surface area contributed by atoms with E-state index in [0.29, 0.717) is 5.11 Å². The third-order valence-electron chi connectivity index (χ3n) is 1.61. The van der Waals surface area contributed by atoms with Crippen LogP contribution in [-0.2, 0) is 0 Å². The van der Waals surface area contributed by atoms with Gasteiger partial charge in [0.15, 0.2) is 5.11 Å². The molecule has 0 spiro atoms. The zero-order valence-corrected chi connectivity index (χ0v) is 9.08. The number of thiocarbonyl (C=S) groups is 1. The molecule has 1 aromatic rings. The summed E-state index contributed by atoms with van der Waals surface area (Å²) in [6.07, 6.45) is 1.69. The number of anilines is 1. The van der Waals surface area contributed by atoms with E-state index in [1.165, 1.54) is 0 Å². The summed E-state index contributed by atoms with van der Waals surface area (Å²) in [6.45, 7) is 1.85. The molecule has 0 amide bonds. The number of hydrazone groups is 1. The maximum Gasteiger partial charge on any atom is 0.193 e. The van der Waals surface area contributed by atoms with Gasteiger partial charge < -0.3 is 5.32 Å². The lowest BCUT2D eigenvalue weighted by molar-refractivity contribution is 0.556. The lowest BCUT2D eigenvalue weighted by Crippen LogP contribution is -2.26. The van der Waals surface area contributed by atoms with Crippen LogP contribution in [0.1, 0.15) is 6.92 Å². The fraction of sp³-hybridized carbons (Fsp3) is 0.200. The second-order valence-corrected chi connectivity index (χ2v) is 3.08. The van der Waals surface area contributed by atoms with Crippen molar-refractivity contribution in [1.29, 1.82) is 0 Å². The van der Waals surface area contributed by atoms with Crippen LogP contribution in [0.3, 0.4) is 0 Å². The summed E-state index contributed by atoms with van der Waals surface area (Å²) in [5.41, 5.74) is 0.968. The predicted octanol–water partition coefficient (Wildman–Crippen LogP) is 2.32. The van der Waals surface area contributed by atoms with Crippen molar-refractivity contribution in [1.82, 2.24) is 5.01 Å². The van der Waals surface area contributed by atoms with Gasteiger partial charge in [-0.2, -0.15) is 5.10 Å². The molecule has 1 aromatic carbocycles. The molecule has 1 N–H and O–H groups in total. The number of benzene rings is 1. The second-order valence-electron chi connectivity index (χ2n) is 2.69. The van der Waals surface area contributed by atoms with Gasteiger partial charge in [-0.25, -0.2) is 5.01 Å². The zero-order valence-electron chi connectivity index (χ0n) is 8.27. The quantitative estimate of drug-likeness (QED) is 0.458. The van der Waals surface area contributed by atoms with Crippen LogP contribution in [0.2, 0.25) is 0 Å². The van der Waals surface area contributed by atoms with E-state index in [-0.39, 0.29) is 0 Å². The van der Waals surface area contributed by atoms with Crippen molar-refractivity contribution in [2.24, 2.45) is 5.10 Å². The number of nitrogens with zero attached hydrogens (tertiary/aromatic N) is 2. The highest BCUT2D eigenvalue weighted by Crippen LogP contribution is 2.05. The Morgan fingerprint density at radius 1 is 1.43 bits per heavy atom. The van der Waals surface area contributed by atoms with E-state index in [1.54, 1.807) is 18.3 Å². The van der Waals surface area contributed by atoms with Crippen LogP contribution in [-0.4, -0.2) is 23.4 Å². The maximum absolute atomic E-state index is 5.13. The Labute approximate surface area is 89.4 Å². The molecule has 0 saturated carbocycles. The highest BCUT2D eigenvalue weighted by Gasteiger charge is 2.00. The molecular formula is C10H13N3S. The van der Waals surface area contributed by atoms with Gasteiger partial charge in [-0.1, -0.05) is 18.2 Å². The molecule has 0 saturated heterocycles. The van der Waals surface area contributed by atoms with Crippen molar-refractivity contribution in [3.05, 3.63) is 30.3 Å². The number of para-hydroxylation sites is 1. The monoisotopic (exact) mass is 207 g/mol. The van der Waals surface area contributed by atoms with E-state index in [2.05, 4.69) is 10.4 Å². The molecule has 4 heteroatoms. The maximum atomic E-state index is 5.13. The van der Waals surface area contributed by atoms with Crippen LogP contribution in [0.4, 0.5) is 5.69 Å². The number of hydrogen-bond donors (Lipinski definition) is 1. The van der Waals surface area contributed by atoms with Gasteiger partial charge in [0.1, 0.15) is 0 Å². The van der Waals surface area contributed by atoms with E-state index in [0.717, 1.165) is 5.69 Å². The molecule has 3 nitrogen and oxygen atoms in total. The Kier molecular flexibility index (Phi) is 4.07. The van der Waals surface area contributed by atoms with E-state index in [1.807, 2.05) is 37.3 Å². The summed E-state index contributed by atoms with van der Waals surface area (Å²) in [5.74, 6) is 0. The zero-order chi connectivity index (χ0) is 10.4. The van der Waals surface area contributed by atoms with Gasteiger partial charge in [-0.3, -0.25) is 0 Å². The average Bonchev–Trinajstić information content (AvgIpc) is 2.19. The van der Waals surface area contributed by atoms with Crippen molar-refractivity contribution >= 4 is 29.2 Å². The Hall–Kier alpha value is -1.42. The lowest BCUT2D eigenvalue weighted by atomic mass is 10.3. The SMILES string of the molecule is C/C=N/N(C)C(=S)Nc1ccccc1. The molecule has 0 fully saturated rings. The van der Waals surface area contributed by atoms with Gasteiger partial charge in [-0.15, -0.1) is 0 Å². The Bertz CT molecular complexity index is 321. The summed E-state index contributed by atoms with van der Waals surface area (Å²) < 4.78 is 0. The minimum Gasteiger partial charge on any atom is -0.331 e. The van der Waals surface area contributed by atoms with Crippen molar-refractivity contribution in [2.45, 2.75) is 6.92 Å². The van der Waals surface area contributed by atoms with Crippen LogP contribution < -0.4 is 5.32 Å². The second kappa shape index (κ2) is 5.34. The highest BCUT2D eigenvalue weighted by atomic mass is 32.1. The molecule has 0 unspecified atom stereocenters. The summed E-state index contributed by atoms with van der Waals surface area (Å²) >= 11 is 5.13. The molecular weight excluding hydrogens is 194 g/mol. The Morgan fingerprint density at radius 3 is 2.64 bits per heavy atom. The van der Waals surface area contributed by atoms with Crippen LogP contribution in [0, 0.1) is 0 Å². The normalized spacial score (nSPS) is 10.1. The van der Waals surface area contributed by atoms with Crippen molar-refractivity contribution in [2.75, 3.05) is 12.4 Å². The first kappa shape index (κ1) is 10.7. The van der Waals surface area contributed by atoms with Gasteiger partial charge >= 0.3 is 0 Å². The van der Waals surface area contributed by atoms with E-state index in [4.69, 9.17) is 12.2 Å². The smallest absolute Gasteiger partial charge is 0.193 e. The number of rotatable bonds is 2. The number of nitrogens with one attached hydrogen (secondary N) is 1. The summed E-state index contributed by atoms with van der Waals surface area (Å²) in [4.78, 5) is 0. The molecule has 0 bridgehead atoms. The minimum atomic E-state index is 0.578. The molecule has 0 heterocycles. The van der Waals surface area contributed by atoms with Gasteiger partial charge in [-0.05, 0) is 31.3 Å². The Morgan fingerprint density at radius 2 is 2.07 bits per heavy atom. The van der Waals surface area contributed by atoms with Crippen LogP contribution in [0.15, 0.2) is 35.4 Å². The first-order valence-corrected chi connectivity index (χ1v) is 4.73. The summed E-state index contributed by atoms with van der Waals surface area (Å²) in [5, 5.41) is 9.29. The van der Waals surface area contributed by atoms with E-state index >= 15 is 0 Å². The molecule has 14 heavy (non-hydrogen) atoms. The summed E-state index contributed by atoms with van der Waals surface area (Å²) in [7, 11) is 1.80. The molecule has 0 aliphatic rings. The first-order chi connectivity index (χ1) is 6.74. The third kappa shape index (κ3) is 3.14. The first-order valence-electron chi connectivity index (χ1n) is 4.32. The topological polar surface area (TPSA) is 27.6 Å². The van der Waals surface area contributed by atoms with Gasteiger partial charge in [0, 0.05) is 18.9 Å². The molecule has 1 rings (SSSR count). The van der Waals surface area contributed by atoms with Crippen molar-refractivity contribution in [3.63, 3.8) is 0 Å². The van der Waals surface area contributed by atoms with Crippen LogP contribution >= 0.6 is 12.2 Å². The molecule has 0 aliphatic carbocycles. The molecule has 0 radical (unpaired) electrons. The molecule has 74 valence electrons.